The van der Waals surface area contributed by atoms with Gasteiger partial charge < -0.3 is 9.47 Å². The van der Waals surface area contributed by atoms with Gasteiger partial charge in [0.1, 0.15) is 0 Å². The third kappa shape index (κ3) is 1.03. The minimum atomic E-state index is -0.557. The molecule has 0 bridgehead atoms. The molecule has 0 spiro atoms. The maximum Gasteiger partial charge on any atom is 0.352 e. The lowest BCUT2D eigenvalue weighted by atomic mass is 10.3. The van der Waals surface area contributed by atoms with E-state index in [-0.39, 0.29) is 5.76 Å². The molecule has 1 rings (SSSR count). The molecule has 0 aliphatic carbocycles. The summed E-state index contributed by atoms with van der Waals surface area (Å²) in [4.78, 5) is 10.7. The number of cyclic esters (lactones) is 1. The van der Waals surface area contributed by atoms with E-state index in [0.717, 1.165) is 0 Å². The Kier molecular flexibility index (Phi) is 1.49. The number of esters is 1. The topological polar surface area (TPSA) is 35.5 Å². The third-order valence-corrected chi connectivity index (χ3v) is 1.19. The van der Waals surface area contributed by atoms with E-state index >= 15 is 0 Å². The van der Waals surface area contributed by atoms with Crippen LogP contribution < -0.4 is 0 Å². The molecule has 0 unspecified atom stereocenters. The molecule has 0 aromatic rings. The number of rotatable bonds is 0. The van der Waals surface area contributed by atoms with Crippen molar-refractivity contribution in [1.82, 2.24) is 0 Å². The summed E-state index contributed by atoms with van der Waals surface area (Å²) in [5.74, 6) is 0.104. The first-order chi connectivity index (χ1) is 4.61. The Morgan fingerprint density at radius 2 is 2.00 bits per heavy atom. The quantitative estimate of drug-likeness (QED) is 0.470. The summed E-state index contributed by atoms with van der Waals surface area (Å²) in [5.41, 5.74) is 0. The smallest absolute Gasteiger partial charge is 0.352 e. The lowest BCUT2D eigenvalue weighted by Crippen LogP contribution is -2.28. The van der Waals surface area contributed by atoms with Gasteiger partial charge in [0, 0.05) is 0 Å². The van der Waals surface area contributed by atoms with Crippen LogP contribution in [0.4, 0.5) is 0 Å². The normalized spacial score (nSPS) is 25.7. The molecule has 0 saturated carbocycles. The number of hydrogen-bond donors (Lipinski definition) is 0. The molecule has 1 aliphatic heterocycles. The summed E-state index contributed by atoms with van der Waals surface area (Å²) in [5, 5.41) is 0. The van der Waals surface area contributed by atoms with Crippen molar-refractivity contribution in [1.29, 1.82) is 0 Å². The largest absolute Gasteiger partial charge is 0.476 e. The lowest BCUT2D eigenvalue weighted by molar-refractivity contribution is -0.154. The van der Waals surface area contributed by atoms with Crippen LogP contribution in [0.2, 0.25) is 0 Å². The first-order valence-electron chi connectivity index (χ1n) is 2.88. The molecule has 1 heterocycles. The fourth-order valence-electron chi connectivity index (χ4n) is 0.589. The number of ether oxygens (including phenoxy) is 2. The van der Waals surface area contributed by atoms with Crippen LogP contribution in [0.5, 0.6) is 0 Å². The van der Waals surface area contributed by atoms with Crippen LogP contribution in [-0.2, 0) is 14.3 Å². The zero-order chi connectivity index (χ0) is 7.72. The van der Waals surface area contributed by atoms with Crippen LogP contribution in [-0.4, -0.2) is 12.1 Å². The zero-order valence-corrected chi connectivity index (χ0v) is 5.72. The van der Waals surface area contributed by atoms with Crippen molar-refractivity contribution in [3.63, 3.8) is 0 Å². The fraction of sp³-hybridized carbons (Fsp3) is 0.286. The molecular formula is C7H8O3. The minimum Gasteiger partial charge on any atom is -0.476 e. The number of hydrogen-bond acceptors (Lipinski definition) is 3. The van der Waals surface area contributed by atoms with Gasteiger partial charge in [-0.15, -0.1) is 0 Å². The van der Waals surface area contributed by atoms with Crippen molar-refractivity contribution in [2.24, 2.45) is 0 Å². The van der Waals surface area contributed by atoms with Crippen LogP contribution in [0.3, 0.4) is 0 Å². The van der Waals surface area contributed by atoms with Gasteiger partial charge >= 0.3 is 5.97 Å². The van der Waals surface area contributed by atoms with Crippen molar-refractivity contribution in [2.45, 2.75) is 13.0 Å². The Morgan fingerprint density at radius 1 is 1.40 bits per heavy atom. The Bertz CT molecular complexity index is 205. The predicted molar refractivity (Wildman–Crippen MR) is 34.9 cm³/mol. The third-order valence-electron chi connectivity index (χ3n) is 1.19. The molecule has 3 nitrogen and oxygen atoms in total. The lowest BCUT2D eigenvalue weighted by Gasteiger charge is -2.22. The van der Waals surface area contributed by atoms with Gasteiger partial charge in [-0.25, -0.2) is 4.79 Å². The van der Waals surface area contributed by atoms with Crippen molar-refractivity contribution >= 4 is 5.97 Å². The monoisotopic (exact) mass is 140 g/mol. The molecule has 1 aliphatic rings. The molecule has 0 amide bonds. The molecule has 54 valence electrons. The van der Waals surface area contributed by atoms with Crippen LogP contribution in [0.25, 0.3) is 0 Å². The standard InChI is InChI=1S/C7H8O3/c1-4-5(2)10-7(8)6(3)9-4/h6H,1-2H2,3H3/t6-/m0/s1. The highest BCUT2D eigenvalue weighted by Gasteiger charge is 2.25. The van der Waals surface area contributed by atoms with E-state index in [1.54, 1.807) is 6.92 Å². The fourth-order valence-corrected chi connectivity index (χ4v) is 0.589. The van der Waals surface area contributed by atoms with Crippen LogP contribution >= 0.6 is 0 Å². The summed E-state index contributed by atoms with van der Waals surface area (Å²) in [6.45, 7) is 8.49. The van der Waals surface area contributed by atoms with E-state index in [9.17, 15) is 4.79 Å². The van der Waals surface area contributed by atoms with Crippen LogP contribution in [0.1, 0.15) is 6.92 Å². The first-order valence-corrected chi connectivity index (χ1v) is 2.88. The highest BCUT2D eigenvalue weighted by atomic mass is 16.6. The summed E-state index contributed by atoms with van der Waals surface area (Å²) < 4.78 is 9.59. The first kappa shape index (κ1) is 6.86. The molecule has 0 aromatic carbocycles. The maximum absolute atomic E-state index is 10.7. The molecular weight excluding hydrogens is 132 g/mol. The molecule has 3 heteroatoms. The summed E-state index contributed by atoms with van der Waals surface area (Å²) >= 11 is 0. The minimum absolute atomic E-state index is 0.197. The van der Waals surface area contributed by atoms with E-state index in [1.807, 2.05) is 0 Å². The summed E-state index contributed by atoms with van der Waals surface area (Å²) in [6, 6.07) is 0. The van der Waals surface area contributed by atoms with Crippen LogP contribution in [0.15, 0.2) is 24.7 Å². The van der Waals surface area contributed by atoms with Gasteiger partial charge in [-0.3, -0.25) is 0 Å². The van der Waals surface area contributed by atoms with Crippen LogP contribution in [0, 0.1) is 0 Å². The van der Waals surface area contributed by atoms with E-state index in [4.69, 9.17) is 4.74 Å². The Labute approximate surface area is 58.9 Å². The van der Waals surface area contributed by atoms with Gasteiger partial charge in [-0.1, -0.05) is 13.2 Å². The number of carbonyl (C=O) groups excluding carboxylic acids is 1. The van der Waals surface area contributed by atoms with Gasteiger partial charge in [-0.05, 0) is 6.92 Å². The second-order valence-corrected chi connectivity index (χ2v) is 2.03. The van der Waals surface area contributed by atoms with Gasteiger partial charge in [-0.2, -0.15) is 0 Å². The highest BCUT2D eigenvalue weighted by molar-refractivity contribution is 5.77. The van der Waals surface area contributed by atoms with Gasteiger partial charge in [0.15, 0.2) is 17.6 Å². The molecule has 10 heavy (non-hydrogen) atoms. The maximum atomic E-state index is 10.7. The Morgan fingerprint density at radius 3 is 2.50 bits per heavy atom. The number of carbonyl (C=O) groups is 1. The molecule has 0 radical (unpaired) electrons. The second-order valence-electron chi connectivity index (χ2n) is 2.03. The van der Waals surface area contributed by atoms with Crippen molar-refractivity contribution in [2.75, 3.05) is 0 Å². The zero-order valence-electron chi connectivity index (χ0n) is 5.72. The Hall–Kier alpha value is -1.25. The van der Waals surface area contributed by atoms with Crippen molar-refractivity contribution < 1.29 is 14.3 Å². The molecule has 0 N–H and O–H groups in total. The summed E-state index contributed by atoms with van der Waals surface area (Å²) in [6.07, 6.45) is -0.557. The van der Waals surface area contributed by atoms with E-state index in [2.05, 4.69) is 17.9 Å². The second kappa shape index (κ2) is 2.17. The molecule has 1 saturated heterocycles. The Balaban J connectivity index is 2.72. The molecule has 1 atom stereocenters. The van der Waals surface area contributed by atoms with E-state index in [1.165, 1.54) is 0 Å². The molecule has 1 fully saturated rings. The van der Waals surface area contributed by atoms with Crippen molar-refractivity contribution in [3.05, 3.63) is 24.7 Å². The summed E-state index contributed by atoms with van der Waals surface area (Å²) in [7, 11) is 0. The van der Waals surface area contributed by atoms with Gasteiger partial charge in [0.25, 0.3) is 0 Å². The molecule has 0 aromatic heterocycles. The SMILES string of the molecule is C=C1OC(=O)[C@H](C)OC1=C. The van der Waals surface area contributed by atoms with E-state index < -0.39 is 12.1 Å². The predicted octanol–water partition coefficient (Wildman–Crippen LogP) is 0.976. The van der Waals surface area contributed by atoms with E-state index in [0.29, 0.717) is 5.76 Å². The average molecular weight is 140 g/mol. The van der Waals surface area contributed by atoms with Crippen molar-refractivity contribution in [3.8, 4) is 0 Å². The van der Waals surface area contributed by atoms with Gasteiger partial charge in [0.05, 0.1) is 0 Å². The highest BCUT2D eigenvalue weighted by Crippen LogP contribution is 2.18. The van der Waals surface area contributed by atoms with Gasteiger partial charge in [0.2, 0.25) is 0 Å². The average Bonchev–Trinajstić information content (AvgIpc) is 1.84.